The van der Waals surface area contributed by atoms with Crippen LogP contribution in [0.5, 0.6) is 0 Å². The van der Waals surface area contributed by atoms with Gasteiger partial charge in [0.1, 0.15) is 0 Å². The molecule has 2 aliphatic heterocycles. The lowest BCUT2D eigenvalue weighted by Crippen LogP contribution is -2.40. The third kappa shape index (κ3) is 4.22. The van der Waals surface area contributed by atoms with Crippen LogP contribution in [-0.2, 0) is 27.7 Å². The summed E-state index contributed by atoms with van der Waals surface area (Å²) in [6, 6.07) is 4.68. The molecular formula is C19H24N4O4S2. The number of anilines is 1. The zero-order chi connectivity index (χ0) is 20.6. The summed E-state index contributed by atoms with van der Waals surface area (Å²) in [6.45, 7) is 4.96. The molecule has 0 saturated carbocycles. The normalized spacial score (nSPS) is 18.4. The molecule has 1 aromatic heterocycles. The minimum atomic E-state index is -3.66. The van der Waals surface area contributed by atoms with Crippen molar-refractivity contribution in [3.63, 3.8) is 0 Å². The highest BCUT2D eigenvalue weighted by atomic mass is 32.2. The number of likely N-dealkylation sites (N-methyl/N-ethyl adjacent to an activating group) is 1. The molecule has 0 bridgehead atoms. The van der Waals surface area contributed by atoms with Crippen LogP contribution in [0.2, 0.25) is 0 Å². The van der Waals surface area contributed by atoms with Gasteiger partial charge in [0.15, 0.2) is 5.13 Å². The van der Waals surface area contributed by atoms with E-state index in [2.05, 4.69) is 22.2 Å². The van der Waals surface area contributed by atoms with E-state index in [-0.39, 0.29) is 10.8 Å². The maximum atomic E-state index is 12.9. The third-order valence-electron chi connectivity index (χ3n) is 5.20. The number of carbonyl (C=O) groups is 1. The molecule has 8 nitrogen and oxygen atoms in total. The van der Waals surface area contributed by atoms with Crippen LogP contribution < -0.4 is 5.32 Å². The number of nitrogens with one attached hydrogen (secondary N) is 1. The van der Waals surface area contributed by atoms with Crippen LogP contribution in [0.25, 0.3) is 0 Å². The molecular weight excluding hydrogens is 412 g/mol. The van der Waals surface area contributed by atoms with Crippen molar-refractivity contribution in [3.8, 4) is 0 Å². The minimum Gasteiger partial charge on any atom is -0.379 e. The quantitative estimate of drug-likeness (QED) is 0.785. The Kier molecular flexibility index (Phi) is 5.71. The van der Waals surface area contributed by atoms with Gasteiger partial charge in [-0.1, -0.05) is 6.07 Å². The number of rotatable bonds is 4. The van der Waals surface area contributed by atoms with Crippen molar-refractivity contribution in [2.45, 2.75) is 24.8 Å². The highest BCUT2D eigenvalue weighted by molar-refractivity contribution is 7.89. The zero-order valence-electron chi connectivity index (χ0n) is 16.5. The van der Waals surface area contributed by atoms with E-state index >= 15 is 0 Å². The summed E-state index contributed by atoms with van der Waals surface area (Å²) in [6.07, 6.45) is 0.866. The molecule has 1 amide bonds. The molecule has 3 heterocycles. The van der Waals surface area contributed by atoms with Crippen LogP contribution >= 0.6 is 11.3 Å². The van der Waals surface area contributed by atoms with E-state index in [1.54, 1.807) is 19.1 Å². The van der Waals surface area contributed by atoms with E-state index < -0.39 is 10.0 Å². The van der Waals surface area contributed by atoms with Gasteiger partial charge in [0.2, 0.25) is 10.0 Å². The maximum absolute atomic E-state index is 12.9. The SMILES string of the molecule is Cc1ccc(S(=O)(=O)N2CCOCC2)cc1C(=O)Nc1nc2c(s1)CN(C)CC2. The Labute approximate surface area is 174 Å². The molecule has 0 spiro atoms. The van der Waals surface area contributed by atoms with Crippen molar-refractivity contribution in [1.82, 2.24) is 14.2 Å². The fourth-order valence-corrected chi connectivity index (χ4v) is 6.00. The highest BCUT2D eigenvalue weighted by Crippen LogP contribution is 2.28. The first kappa shape index (κ1) is 20.4. The molecule has 1 N–H and O–H groups in total. The molecule has 0 atom stereocenters. The number of thiazole rings is 1. The fourth-order valence-electron chi connectivity index (χ4n) is 3.48. The third-order valence-corrected chi connectivity index (χ3v) is 8.10. The van der Waals surface area contributed by atoms with Crippen molar-refractivity contribution in [2.75, 3.05) is 45.2 Å². The largest absolute Gasteiger partial charge is 0.379 e. The smallest absolute Gasteiger partial charge is 0.257 e. The van der Waals surface area contributed by atoms with Crippen molar-refractivity contribution in [2.24, 2.45) is 0 Å². The van der Waals surface area contributed by atoms with E-state index in [4.69, 9.17) is 4.74 Å². The average molecular weight is 437 g/mol. The van der Waals surface area contributed by atoms with Crippen LogP contribution in [0, 0.1) is 6.92 Å². The summed E-state index contributed by atoms with van der Waals surface area (Å²) in [5, 5.41) is 3.40. The van der Waals surface area contributed by atoms with Crippen molar-refractivity contribution in [3.05, 3.63) is 39.9 Å². The van der Waals surface area contributed by atoms with Gasteiger partial charge in [-0.05, 0) is 31.7 Å². The molecule has 1 fully saturated rings. The average Bonchev–Trinajstić information content (AvgIpc) is 3.10. The number of hydrogen-bond donors (Lipinski definition) is 1. The van der Waals surface area contributed by atoms with Crippen LogP contribution in [0.1, 0.15) is 26.5 Å². The van der Waals surface area contributed by atoms with Gasteiger partial charge < -0.3 is 9.64 Å². The number of fused-ring (bicyclic) bond motifs is 1. The van der Waals surface area contributed by atoms with E-state index in [1.165, 1.54) is 21.7 Å². The molecule has 1 aromatic carbocycles. The molecule has 29 heavy (non-hydrogen) atoms. The lowest BCUT2D eigenvalue weighted by molar-refractivity contribution is 0.0730. The first-order valence-corrected chi connectivity index (χ1v) is 11.8. The number of aromatic nitrogens is 1. The predicted molar refractivity (Wildman–Crippen MR) is 111 cm³/mol. The number of sulfonamides is 1. The first-order valence-electron chi connectivity index (χ1n) is 9.51. The Morgan fingerprint density at radius 3 is 2.76 bits per heavy atom. The second-order valence-electron chi connectivity index (χ2n) is 7.32. The molecule has 1 saturated heterocycles. The summed E-state index contributed by atoms with van der Waals surface area (Å²) in [7, 11) is -1.60. The molecule has 0 aliphatic carbocycles. The molecule has 4 rings (SSSR count). The standard InChI is InChI=1S/C19H24N4O4S2/c1-13-3-4-14(29(25,26)23-7-9-27-10-8-23)11-15(13)18(24)21-19-20-16-5-6-22(2)12-17(16)28-19/h3-4,11H,5-10,12H2,1-2H3,(H,20,21,24). The van der Waals surface area contributed by atoms with Gasteiger partial charge in [0.25, 0.3) is 5.91 Å². The topological polar surface area (TPSA) is 91.8 Å². The molecule has 2 aliphatic rings. The van der Waals surface area contributed by atoms with Gasteiger partial charge in [0.05, 0.1) is 23.8 Å². The van der Waals surface area contributed by atoms with E-state index in [0.717, 1.165) is 30.1 Å². The Balaban J connectivity index is 1.57. The van der Waals surface area contributed by atoms with Gasteiger partial charge in [-0.25, -0.2) is 13.4 Å². The van der Waals surface area contributed by atoms with Crippen molar-refractivity contribution in [1.29, 1.82) is 0 Å². The number of benzene rings is 1. The van der Waals surface area contributed by atoms with Crippen LogP contribution in [-0.4, -0.2) is 68.4 Å². The van der Waals surface area contributed by atoms with Gasteiger partial charge in [-0.2, -0.15) is 4.31 Å². The second kappa shape index (κ2) is 8.11. The zero-order valence-corrected chi connectivity index (χ0v) is 18.1. The summed E-state index contributed by atoms with van der Waals surface area (Å²) >= 11 is 1.48. The van der Waals surface area contributed by atoms with Gasteiger partial charge in [0, 0.05) is 43.0 Å². The van der Waals surface area contributed by atoms with Crippen LogP contribution in [0.3, 0.4) is 0 Å². The number of aryl methyl sites for hydroxylation is 1. The second-order valence-corrected chi connectivity index (χ2v) is 10.3. The molecule has 0 unspecified atom stereocenters. The lowest BCUT2D eigenvalue weighted by atomic mass is 10.1. The van der Waals surface area contributed by atoms with Crippen molar-refractivity contribution >= 4 is 32.4 Å². The number of hydrogen-bond acceptors (Lipinski definition) is 7. The number of nitrogens with zero attached hydrogens (tertiary/aromatic N) is 3. The monoisotopic (exact) mass is 436 g/mol. The maximum Gasteiger partial charge on any atom is 0.257 e. The van der Waals surface area contributed by atoms with E-state index in [1.807, 2.05) is 0 Å². The van der Waals surface area contributed by atoms with Crippen molar-refractivity contribution < 1.29 is 17.9 Å². The summed E-state index contributed by atoms with van der Waals surface area (Å²) < 4.78 is 32.5. The van der Waals surface area contributed by atoms with Gasteiger partial charge in [-0.3, -0.25) is 10.1 Å². The van der Waals surface area contributed by atoms with E-state index in [0.29, 0.717) is 42.6 Å². The highest BCUT2D eigenvalue weighted by Gasteiger charge is 2.27. The Bertz CT molecular complexity index is 1030. The number of morpholine rings is 1. The molecule has 156 valence electrons. The first-order chi connectivity index (χ1) is 13.8. The van der Waals surface area contributed by atoms with Crippen LogP contribution in [0.4, 0.5) is 5.13 Å². The number of amides is 1. The Hall–Kier alpha value is -1.85. The summed E-state index contributed by atoms with van der Waals surface area (Å²) in [5.74, 6) is -0.346. The molecule has 10 heteroatoms. The van der Waals surface area contributed by atoms with E-state index in [9.17, 15) is 13.2 Å². The molecule has 2 aromatic rings. The Morgan fingerprint density at radius 1 is 1.24 bits per heavy atom. The Morgan fingerprint density at radius 2 is 2.00 bits per heavy atom. The van der Waals surface area contributed by atoms with Crippen LogP contribution in [0.15, 0.2) is 23.1 Å². The van der Waals surface area contributed by atoms with Gasteiger partial charge in [-0.15, -0.1) is 11.3 Å². The lowest BCUT2D eigenvalue weighted by Gasteiger charge is -2.26. The number of ether oxygens (including phenoxy) is 1. The number of carbonyl (C=O) groups excluding carboxylic acids is 1. The fraction of sp³-hybridized carbons (Fsp3) is 0.474. The summed E-state index contributed by atoms with van der Waals surface area (Å²) in [5.41, 5.74) is 2.08. The molecule has 0 radical (unpaired) electrons. The van der Waals surface area contributed by atoms with Gasteiger partial charge >= 0.3 is 0 Å². The minimum absolute atomic E-state index is 0.121. The predicted octanol–water partition coefficient (Wildman–Crippen LogP) is 1.71. The summed E-state index contributed by atoms with van der Waals surface area (Å²) in [4.78, 5) is 20.9.